The lowest BCUT2D eigenvalue weighted by Crippen LogP contribution is -2.48. The maximum Gasteiger partial charge on any atom is 0.250 e. The second kappa shape index (κ2) is 7.72. The molecule has 3 heterocycles. The van der Waals surface area contributed by atoms with Gasteiger partial charge >= 0.3 is 0 Å². The summed E-state index contributed by atoms with van der Waals surface area (Å²) in [6, 6.07) is 5.04. The highest BCUT2D eigenvalue weighted by Gasteiger charge is 2.21. The number of carbonyl (C=O) groups excluding carboxylic acids is 1. The van der Waals surface area contributed by atoms with Crippen molar-refractivity contribution in [2.24, 2.45) is 0 Å². The predicted molar refractivity (Wildman–Crippen MR) is 94.0 cm³/mol. The molecule has 1 fully saturated rings. The Morgan fingerprint density at radius 1 is 1.25 bits per heavy atom. The van der Waals surface area contributed by atoms with E-state index in [2.05, 4.69) is 15.3 Å². The summed E-state index contributed by atoms with van der Waals surface area (Å²) in [4.78, 5) is 32.7. The van der Waals surface area contributed by atoms with Crippen molar-refractivity contribution < 1.29 is 4.79 Å². The van der Waals surface area contributed by atoms with Gasteiger partial charge in [-0.1, -0.05) is 6.07 Å². The minimum absolute atomic E-state index is 0.0614. The van der Waals surface area contributed by atoms with Crippen LogP contribution in [0.5, 0.6) is 0 Å². The van der Waals surface area contributed by atoms with E-state index in [0.717, 1.165) is 43.4 Å². The first-order chi connectivity index (χ1) is 11.6. The average molecular weight is 346 g/mol. The van der Waals surface area contributed by atoms with Crippen molar-refractivity contribution in [2.75, 3.05) is 26.2 Å². The van der Waals surface area contributed by atoms with E-state index < -0.39 is 0 Å². The third kappa shape index (κ3) is 4.30. The number of thiazole rings is 1. The first kappa shape index (κ1) is 16.9. The van der Waals surface area contributed by atoms with Gasteiger partial charge in [-0.3, -0.25) is 14.5 Å². The van der Waals surface area contributed by atoms with Gasteiger partial charge in [0.2, 0.25) is 5.91 Å². The average Bonchev–Trinajstić information content (AvgIpc) is 2.99. The van der Waals surface area contributed by atoms with Gasteiger partial charge in [0, 0.05) is 63.3 Å². The zero-order valence-electron chi connectivity index (χ0n) is 13.9. The number of hydrogen-bond acceptors (Lipinski definition) is 5. The monoisotopic (exact) mass is 346 g/mol. The lowest BCUT2D eigenvalue weighted by atomic mass is 10.2. The molecule has 7 heteroatoms. The van der Waals surface area contributed by atoms with Gasteiger partial charge in [-0.05, 0) is 13.0 Å². The Kier molecular flexibility index (Phi) is 5.42. The number of aromatic nitrogens is 2. The predicted octanol–water partition coefficient (Wildman–Crippen LogP) is 1.35. The van der Waals surface area contributed by atoms with Crippen molar-refractivity contribution in [3.8, 4) is 0 Å². The molecule has 2 aromatic rings. The molecule has 0 N–H and O–H groups in total. The van der Waals surface area contributed by atoms with Gasteiger partial charge in [0.25, 0.3) is 5.56 Å². The second-order valence-electron chi connectivity index (χ2n) is 6.00. The second-order valence-corrected chi connectivity index (χ2v) is 7.06. The van der Waals surface area contributed by atoms with Crippen molar-refractivity contribution in [1.82, 2.24) is 19.4 Å². The lowest BCUT2D eigenvalue weighted by molar-refractivity contribution is -0.133. The largest absolute Gasteiger partial charge is 0.340 e. The van der Waals surface area contributed by atoms with E-state index in [9.17, 15) is 9.59 Å². The van der Waals surface area contributed by atoms with Crippen LogP contribution in [0.25, 0.3) is 0 Å². The molecule has 1 amide bonds. The van der Waals surface area contributed by atoms with Crippen LogP contribution in [0.4, 0.5) is 0 Å². The third-order valence-electron chi connectivity index (χ3n) is 4.24. The molecule has 0 radical (unpaired) electrons. The highest BCUT2D eigenvalue weighted by molar-refractivity contribution is 7.09. The number of rotatable bonds is 5. The maximum absolute atomic E-state index is 12.3. The summed E-state index contributed by atoms with van der Waals surface area (Å²) in [6.45, 7) is 6.53. The molecule has 1 aliphatic rings. The molecule has 24 heavy (non-hydrogen) atoms. The van der Waals surface area contributed by atoms with Crippen LogP contribution in [0.2, 0.25) is 0 Å². The Morgan fingerprint density at radius 2 is 2.04 bits per heavy atom. The van der Waals surface area contributed by atoms with Crippen molar-refractivity contribution in [1.29, 1.82) is 0 Å². The molecule has 1 saturated heterocycles. The highest BCUT2D eigenvalue weighted by atomic mass is 32.1. The summed E-state index contributed by atoms with van der Waals surface area (Å²) in [5, 5.41) is 3.19. The van der Waals surface area contributed by atoms with Crippen molar-refractivity contribution in [3.05, 3.63) is 50.8 Å². The van der Waals surface area contributed by atoms with E-state index in [1.54, 1.807) is 28.2 Å². The molecule has 2 aromatic heterocycles. The summed E-state index contributed by atoms with van der Waals surface area (Å²) < 4.78 is 1.58. The fourth-order valence-electron chi connectivity index (χ4n) is 2.88. The normalized spacial score (nSPS) is 15.6. The Balaban J connectivity index is 1.45. The number of aryl methyl sites for hydroxylation is 2. The maximum atomic E-state index is 12.3. The minimum Gasteiger partial charge on any atom is -0.340 e. The van der Waals surface area contributed by atoms with Crippen molar-refractivity contribution >= 4 is 17.2 Å². The fraction of sp³-hybridized carbons (Fsp3) is 0.471. The first-order valence-electron chi connectivity index (χ1n) is 8.18. The minimum atomic E-state index is -0.0614. The summed E-state index contributed by atoms with van der Waals surface area (Å²) in [6.07, 6.45) is 2.10. The standard InChI is InChI=1S/C17H22N4O2S/c1-14-18-15(13-24-14)12-19-8-10-21(11-9-19)17(23)5-7-20-6-3-2-4-16(20)22/h2-4,6,13H,5,7-12H2,1H3. The zero-order chi connectivity index (χ0) is 16.9. The number of piperazine rings is 1. The summed E-state index contributed by atoms with van der Waals surface area (Å²) in [5.74, 6) is 0.120. The molecular weight excluding hydrogens is 324 g/mol. The van der Waals surface area contributed by atoms with E-state index in [0.29, 0.717) is 13.0 Å². The van der Waals surface area contributed by atoms with Crippen molar-refractivity contribution in [3.63, 3.8) is 0 Å². The molecule has 1 aliphatic heterocycles. The van der Waals surface area contributed by atoms with Crippen LogP contribution in [0, 0.1) is 6.92 Å². The molecule has 0 bridgehead atoms. The molecule has 0 saturated carbocycles. The van der Waals surface area contributed by atoms with Crippen LogP contribution in [-0.4, -0.2) is 51.4 Å². The van der Waals surface area contributed by atoms with Crippen LogP contribution >= 0.6 is 11.3 Å². The van der Waals surface area contributed by atoms with Gasteiger partial charge in [-0.15, -0.1) is 11.3 Å². The van der Waals surface area contributed by atoms with E-state index >= 15 is 0 Å². The number of carbonyl (C=O) groups is 1. The van der Waals surface area contributed by atoms with E-state index in [1.165, 1.54) is 6.07 Å². The van der Waals surface area contributed by atoms with Gasteiger partial charge in [0.05, 0.1) is 10.7 Å². The third-order valence-corrected chi connectivity index (χ3v) is 5.07. The van der Waals surface area contributed by atoms with Crippen LogP contribution < -0.4 is 5.56 Å². The Bertz CT molecular complexity index is 747. The summed E-state index contributed by atoms with van der Waals surface area (Å²) in [7, 11) is 0. The molecule has 0 aromatic carbocycles. The van der Waals surface area contributed by atoms with Gasteiger partial charge in [-0.25, -0.2) is 4.98 Å². The van der Waals surface area contributed by atoms with Crippen LogP contribution in [0.3, 0.4) is 0 Å². The molecule has 0 unspecified atom stereocenters. The highest BCUT2D eigenvalue weighted by Crippen LogP contribution is 2.12. The summed E-state index contributed by atoms with van der Waals surface area (Å²) >= 11 is 1.67. The van der Waals surface area contributed by atoms with Crippen LogP contribution in [0.1, 0.15) is 17.1 Å². The Hall–Kier alpha value is -1.99. The topological polar surface area (TPSA) is 58.4 Å². The molecule has 128 valence electrons. The Morgan fingerprint density at radius 3 is 2.71 bits per heavy atom. The van der Waals surface area contributed by atoms with Gasteiger partial charge in [0.15, 0.2) is 0 Å². The number of pyridine rings is 1. The molecule has 0 atom stereocenters. The SMILES string of the molecule is Cc1nc(CN2CCN(C(=O)CCn3ccccc3=O)CC2)cs1. The summed E-state index contributed by atoms with van der Waals surface area (Å²) in [5.41, 5.74) is 1.05. The number of hydrogen-bond donors (Lipinski definition) is 0. The lowest BCUT2D eigenvalue weighted by Gasteiger charge is -2.34. The number of nitrogens with zero attached hydrogens (tertiary/aromatic N) is 4. The van der Waals surface area contributed by atoms with Gasteiger partial charge in [0.1, 0.15) is 0 Å². The van der Waals surface area contributed by atoms with Gasteiger partial charge in [-0.2, -0.15) is 0 Å². The molecule has 6 nitrogen and oxygen atoms in total. The van der Waals surface area contributed by atoms with Crippen LogP contribution in [0.15, 0.2) is 34.6 Å². The van der Waals surface area contributed by atoms with E-state index in [-0.39, 0.29) is 11.5 Å². The quantitative estimate of drug-likeness (QED) is 0.820. The first-order valence-corrected chi connectivity index (χ1v) is 9.06. The van der Waals surface area contributed by atoms with E-state index in [4.69, 9.17) is 0 Å². The van der Waals surface area contributed by atoms with Crippen molar-refractivity contribution in [2.45, 2.75) is 26.4 Å². The fourth-order valence-corrected chi connectivity index (χ4v) is 3.49. The van der Waals surface area contributed by atoms with E-state index in [1.807, 2.05) is 17.9 Å². The molecule has 0 spiro atoms. The molecular formula is C17H22N4O2S. The van der Waals surface area contributed by atoms with Crippen LogP contribution in [-0.2, 0) is 17.9 Å². The zero-order valence-corrected chi connectivity index (χ0v) is 14.7. The number of amides is 1. The van der Waals surface area contributed by atoms with Gasteiger partial charge < -0.3 is 9.47 Å². The Labute approximate surface area is 145 Å². The molecule has 3 rings (SSSR count). The smallest absolute Gasteiger partial charge is 0.250 e. The molecule has 0 aliphatic carbocycles.